The van der Waals surface area contributed by atoms with E-state index in [0.29, 0.717) is 60.5 Å². The lowest BCUT2D eigenvalue weighted by Gasteiger charge is -2.13. The number of nitrogens with zero attached hydrogens (tertiary/aromatic N) is 4. The minimum atomic E-state index is -1.14. The average molecular weight is 906 g/mol. The number of aryl methyl sites for hydroxylation is 2. The number of hydrogen-bond acceptors (Lipinski definition) is 7. The van der Waals surface area contributed by atoms with Crippen LogP contribution in [0, 0.1) is 11.6 Å². The molecule has 8 rings (SSSR count). The van der Waals surface area contributed by atoms with Gasteiger partial charge in [0.05, 0.1) is 44.0 Å². The molecule has 4 aromatic carbocycles. The summed E-state index contributed by atoms with van der Waals surface area (Å²) in [5.74, 6) is -1.80. The predicted octanol–water partition coefficient (Wildman–Crippen LogP) is 12.1. The van der Waals surface area contributed by atoms with Crippen LogP contribution in [0.4, 0.5) is 8.78 Å². The van der Waals surface area contributed by atoms with Gasteiger partial charge in [-0.1, -0.05) is 85.6 Å². The number of ether oxygens (including phenoxy) is 3. The van der Waals surface area contributed by atoms with E-state index in [1.807, 2.05) is 43.3 Å². The molecule has 0 atom stereocenters. The number of esters is 1. The smallest absolute Gasteiger partial charge is 0.355 e. The highest BCUT2D eigenvalue weighted by atomic mass is 35.5. The fourth-order valence-electron chi connectivity index (χ4n) is 7.88. The molecular formula is C50H44Cl2F2N4O6. The number of rotatable bonds is 13. The first-order valence-electron chi connectivity index (χ1n) is 20.5. The van der Waals surface area contributed by atoms with Gasteiger partial charge in [-0.2, -0.15) is 0 Å². The maximum atomic E-state index is 14.6. The molecule has 4 aromatic heterocycles. The Hall–Kier alpha value is -6.76. The number of carboxylic acids is 1. The third-order valence-electron chi connectivity index (χ3n) is 10.9. The minimum Gasteiger partial charge on any atom is -0.481 e. The molecule has 4 heterocycles. The van der Waals surface area contributed by atoms with E-state index in [2.05, 4.69) is 16.9 Å². The molecule has 14 heteroatoms. The molecule has 0 saturated heterocycles. The van der Waals surface area contributed by atoms with Crippen LogP contribution in [0.2, 0.25) is 10.0 Å². The van der Waals surface area contributed by atoms with Gasteiger partial charge in [-0.05, 0) is 79.4 Å². The van der Waals surface area contributed by atoms with E-state index in [4.69, 9.17) is 37.4 Å². The zero-order valence-electron chi connectivity index (χ0n) is 35.7. The van der Waals surface area contributed by atoms with Crippen molar-refractivity contribution in [2.24, 2.45) is 0 Å². The Morgan fingerprint density at radius 1 is 0.641 bits per heavy atom. The second-order valence-electron chi connectivity index (χ2n) is 14.7. The Morgan fingerprint density at radius 2 is 1.08 bits per heavy atom. The van der Waals surface area contributed by atoms with Gasteiger partial charge < -0.3 is 28.5 Å². The maximum Gasteiger partial charge on any atom is 0.355 e. The van der Waals surface area contributed by atoms with Crippen LogP contribution in [0.3, 0.4) is 0 Å². The third kappa shape index (κ3) is 9.02. The molecule has 0 bridgehead atoms. The number of methoxy groups -OCH3 is 2. The number of carbonyl (C=O) groups excluding carboxylic acids is 1. The number of pyridine rings is 2. The first kappa shape index (κ1) is 45.3. The van der Waals surface area contributed by atoms with Gasteiger partial charge in [0, 0.05) is 67.6 Å². The highest BCUT2D eigenvalue weighted by molar-refractivity contribution is 6.31. The van der Waals surface area contributed by atoms with Crippen molar-refractivity contribution in [3.8, 4) is 34.0 Å². The summed E-state index contributed by atoms with van der Waals surface area (Å²) in [6.07, 6.45) is 4.53. The van der Waals surface area contributed by atoms with Gasteiger partial charge in [-0.15, -0.1) is 0 Å². The Labute approximate surface area is 378 Å². The van der Waals surface area contributed by atoms with Crippen LogP contribution in [0.15, 0.2) is 109 Å². The topological polar surface area (TPSA) is 118 Å². The van der Waals surface area contributed by atoms with E-state index >= 15 is 0 Å². The van der Waals surface area contributed by atoms with Crippen molar-refractivity contribution in [2.45, 2.75) is 46.7 Å². The zero-order valence-corrected chi connectivity index (χ0v) is 37.2. The van der Waals surface area contributed by atoms with Crippen molar-refractivity contribution in [3.05, 3.63) is 165 Å². The Kier molecular flexibility index (Phi) is 14.0. The molecule has 0 radical (unpaired) electrons. The lowest BCUT2D eigenvalue weighted by atomic mass is 10.0. The summed E-state index contributed by atoms with van der Waals surface area (Å²) in [5.41, 5.74) is 6.84. The molecule has 0 aliphatic heterocycles. The minimum absolute atomic E-state index is 0.0221. The lowest BCUT2D eigenvalue weighted by molar-refractivity contribution is 0.0515. The average Bonchev–Trinajstić information content (AvgIpc) is 3.79. The van der Waals surface area contributed by atoms with Gasteiger partial charge in [0.2, 0.25) is 11.8 Å². The van der Waals surface area contributed by atoms with E-state index in [1.165, 1.54) is 38.7 Å². The summed E-state index contributed by atoms with van der Waals surface area (Å²) < 4.78 is 48.8. The zero-order chi connectivity index (χ0) is 45.7. The number of benzene rings is 4. The number of carboxylic acid groups (broad SMARTS) is 1. The van der Waals surface area contributed by atoms with E-state index in [1.54, 1.807) is 64.6 Å². The summed E-state index contributed by atoms with van der Waals surface area (Å²) >= 11 is 12.5. The van der Waals surface area contributed by atoms with E-state index in [9.17, 15) is 23.5 Å². The largest absolute Gasteiger partial charge is 0.481 e. The molecule has 8 aromatic rings. The Bertz CT molecular complexity index is 3040. The summed E-state index contributed by atoms with van der Waals surface area (Å²) in [4.78, 5) is 34.3. The molecule has 0 saturated carbocycles. The molecule has 0 fully saturated rings. The van der Waals surface area contributed by atoms with Crippen molar-refractivity contribution >= 4 is 56.9 Å². The monoisotopic (exact) mass is 904 g/mol. The third-order valence-corrected chi connectivity index (χ3v) is 11.3. The quantitative estimate of drug-likeness (QED) is 0.114. The predicted molar refractivity (Wildman–Crippen MR) is 246 cm³/mol. The molecule has 10 nitrogen and oxygen atoms in total. The summed E-state index contributed by atoms with van der Waals surface area (Å²) in [5, 5.41) is 12.5. The van der Waals surface area contributed by atoms with E-state index < -0.39 is 17.8 Å². The molecule has 0 aliphatic rings. The number of carbonyl (C=O) groups is 2. The fourth-order valence-corrected chi connectivity index (χ4v) is 8.20. The molecule has 328 valence electrons. The summed E-state index contributed by atoms with van der Waals surface area (Å²) in [6, 6.07) is 28.0. The number of aromatic nitrogens is 4. The second-order valence-corrected chi connectivity index (χ2v) is 15.5. The van der Waals surface area contributed by atoms with Crippen molar-refractivity contribution in [2.75, 3.05) is 20.8 Å². The second kappa shape index (κ2) is 19.7. The van der Waals surface area contributed by atoms with E-state index in [0.717, 1.165) is 40.3 Å². The van der Waals surface area contributed by atoms with Gasteiger partial charge >= 0.3 is 11.9 Å². The van der Waals surface area contributed by atoms with Crippen LogP contribution in [-0.4, -0.2) is 57.0 Å². The van der Waals surface area contributed by atoms with Gasteiger partial charge in [0.1, 0.15) is 23.0 Å². The Morgan fingerprint density at radius 3 is 1.48 bits per heavy atom. The van der Waals surface area contributed by atoms with Crippen LogP contribution < -0.4 is 9.47 Å². The summed E-state index contributed by atoms with van der Waals surface area (Å²) in [6.45, 7) is 6.25. The highest BCUT2D eigenvalue weighted by Gasteiger charge is 2.29. The van der Waals surface area contributed by atoms with Crippen molar-refractivity contribution in [3.63, 3.8) is 0 Å². The van der Waals surface area contributed by atoms with Crippen molar-refractivity contribution < 1.29 is 37.7 Å². The van der Waals surface area contributed by atoms with Crippen molar-refractivity contribution in [1.82, 2.24) is 19.1 Å². The number of fused-ring (bicyclic) bond motifs is 2. The summed E-state index contributed by atoms with van der Waals surface area (Å²) in [7, 11) is 2.98. The van der Waals surface area contributed by atoms with Crippen LogP contribution in [0.1, 0.15) is 64.0 Å². The molecule has 0 amide bonds. The van der Waals surface area contributed by atoms with Crippen LogP contribution in [-0.2, 0) is 30.7 Å². The van der Waals surface area contributed by atoms with Crippen LogP contribution in [0.25, 0.3) is 44.1 Å². The first-order chi connectivity index (χ1) is 30.9. The van der Waals surface area contributed by atoms with Gasteiger partial charge in [-0.3, -0.25) is 0 Å². The lowest BCUT2D eigenvalue weighted by Crippen LogP contribution is -2.14. The fraction of sp³-hybridized carbons (Fsp3) is 0.200. The molecule has 0 spiro atoms. The SMILES string of the molecule is CCOC(=O)c1c(-c2cc(Cl)cnc2OC)c2cc(CC)ccc2n1Cc1ccccc1F.CCc1ccc2c(c1)c(-c1cc(Cl)cnc1OC)c(C(=O)O)n2Cc1ccccc1F. The molecule has 1 N–H and O–H groups in total. The highest BCUT2D eigenvalue weighted by Crippen LogP contribution is 2.43. The van der Waals surface area contributed by atoms with Gasteiger partial charge in [0.15, 0.2) is 0 Å². The standard InChI is InChI=1S/C26H24ClFN2O3.C24H20ClFN2O3/c1-4-16-10-11-22-19(12-16)23(20-13-18(27)14-29-25(20)32-3)24(26(31)33-5-2)30(22)15-17-8-6-7-9-21(17)28;1-3-14-8-9-20-17(10-14)21(18-11-16(25)12-27-23(18)31-2)22(24(29)30)28(20)13-15-6-4-5-7-19(15)26/h6-14H,4-5,15H2,1-3H3;4-12H,3,13H2,1-2H3,(H,29,30). The van der Waals surface area contributed by atoms with Crippen LogP contribution in [0.5, 0.6) is 11.8 Å². The molecule has 0 unspecified atom stereocenters. The van der Waals surface area contributed by atoms with Crippen LogP contribution >= 0.6 is 23.2 Å². The first-order valence-corrected chi connectivity index (χ1v) is 21.3. The number of hydrogen-bond donors (Lipinski definition) is 1. The normalized spacial score (nSPS) is 11.1. The van der Waals surface area contributed by atoms with Crippen molar-refractivity contribution in [1.29, 1.82) is 0 Å². The van der Waals surface area contributed by atoms with Gasteiger partial charge in [0.25, 0.3) is 0 Å². The molecule has 64 heavy (non-hydrogen) atoms. The van der Waals surface area contributed by atoms with E-state index in [-0.39, 0.29) is 37.1 Å². The number of halogens is 4. The number of aromatic carboxylic acids is 1. The Balaban J connectivity index is 0.000000192. The maximum absolute atomic E-state index is 14.6. The van der Waals surface area contributed by atoms with Gasteiger partial charge in [-0.25, -0.2) is 28.3 Å². The molecular weight excluding hydrogens is 861 g/mol. The molecule has 0 aliphatic carbocycles.